The van der Waals surface area contributed by atoms with E-state index in [-0.39, 0.29) is 24.0 Å². The number of aromatic nitrogens is 1. The lowest BCUT2D eigenvalue weighted by Gasteiger charge is -2.25. The number of halogens is 1. The predicted molar refractivity (Wildman–Crippen MR) is 87.2 cm³/mol. The molecule has 2 rings (SSSR count). The van der Waals surface area contributed by atoms with Crippen molar-refractivity contribution in [2.24, 2.45) is 4.99 Å². The largest absolute Gasteiger partial charge is 0.474 e. The third kappa shape index (κ3) is 4.85. The van der Waals surface area contributed by atoms with Gasteiger partial charge in [-0.1, -0.05) is 0 Å². The van der Waals surface area contributed by atoms with E-state index in [1.54, 1.807) is 13.2 Å². The molecule has 2 N–H and O–H groups in total. The van der Waals surface area contributed by atoms with Crippen LogP contribution in [0.4, 0.5) is 0 Å². The monoisotopic (exact) mass is 376 g/mol. The normalized spacial score (nSPS) is 15.2. The highest BCUT2D eigenvalue weighted by Crippen LogP contribution is 2.24. The van der Waals surface area contributed by atoms with Gasteiger partial charge < -0.3 is 15.4 Å². The Morgan fingerprint density at radius 2 is 2.32 bits per heavy atom. The lowest BCUT2D eigenvalue weighted by molar-refractivity contribution is 0.114. The average molecular weight is 376 g/mol. The molecule has 1 heterocycles. The molecule has 0 aliphatic heterocycles. The highest BCUT2D eigenvalue weighted by Gasteiger charge is 2.19. The molecule has 1 aromatic rings. The van der Waals surface area contributed by atoms with Gasteiger partial charge in [0.25, 0.3) is 0 Å². The summed E-state index contributed by atoms with van der Waals surface area (Å²) in [6.07, 6.45) is 5.72. The van der Waals surface area contributed by atoms with Gasteiger partial charge >= 0.3 is 0 Å². The maximum absolute atomic E-state index is 5.77. The van der Waals surface area contributed by atoms with Gasteiger partial charge in [0.05, 0.1) is 0 Å². The Morgan fingerprint density at radius 1 is 1.53 bits per heavy atom. The van der Waals surface area contributed by atoms with Crippen molar-refractivity contribution in [1.82, 2.24) is 15.6 Å². The summed E-state index contributed by atoms with van der Waals surface area (Å²) in [5, 5.41) is 6.18. The van der Waals surface area contributed by atoms with Crippen molar-refractivity contribution in [3.05, 3.63) is 23.9 Å². The van der Waals surface area contributed by atoms with Crippen molar-refractivity contribution in [3.63, 3.8) is 0 Å². The van der Waals surface area contributed by atoms with Gasteiger partial charge in [-0.3, -0.25) is 4.99 Å². The van der Waals surface area contributed by atoms with Crippen molar-refractivity contribution in [3.8, 4) is 5.88 Å². The van der Waals surface area contributed by atoms with Crippen LogP contribution >= 0.6 is 24.0 Å². The van der Waals surface area contributed by atoms with Crippen LogP contribution in [0.25, 0.3) is 0 Å². The lowest BCUT2D eigenvalue weighted by atomic mass is 9.96. The number of nitrogens with zero attached hydrogens (tertiary/aromatic N) is 2. The van der Waals surface area contributed by atoms with Crippen LogP contribution < -0.4 is 15.4 Å². The van der Waals surface area contributed by atoms with Gasteiger partial charge in [-0.05, 0) is 30.9 Å². The molecular formula is C13H21IN4O. The van der Waals surface area contributed by atoms with E-state index in [0.29, 0.717) is 12.6 Å². The molecule has 106 valence electrons. The van der Waals surface area contributed by atoms with E-state index in [9.17, 15) is 0 Å². The first-order valence-electron chi connectivity index (χ1n) is 6.32. The van der Waals surface area contributed by atoms with Crippen LogP contribution in [0.2, 0.25) is 0 Å². The molecule has 1 aromatic heterocycles. The SMILES string of the molecule is CN=C(NC)NCc1ccnc(OC2CCC2)c1.I. The maximum atomic E-state index is 5.77. The molecule has 1 aliphatic rings. The zero-order chi connectivity index (χ0) is 12.8. The van der Waals surface area contributed by atoms with Crippen LogP contribution in [0, 0.1) is 0 Å². The first-order valence-corrected chi connectivity index (χ1v) is 6.32. The van der Waals surface area contributed by atoms with Gasteiger partial charge in [-0.2, -0.15) is 0 Å². The van der Waals surface area contributed by atoms with Crippen LogP contribution in [0.1, 0.15) is 24.8 Å². The molecule has 1 fully saturated rings. The molecule has 5 nitrogen and oxygen atoms in total. The van der Waals surface area contributed by atoms with Crippen molar-refractivity contribution in [1.29, 1.82) is 0 Å². The number of hydrogen-bond donors (Lipinski definition) is 2. The lowest BCUT2D eigenvalue weighted by Crippen LogP contribution is -2.34. The summed E-state index contributed by atoms with van der Waals surface area (Å²) in [5.41, 5.74) is 1.13. The van der Waals surface area contributed by atoms with Gasteiger partial charge in [-0.15, -0.1) is 24.0 Å². The molecule has 1 saturated carbocycles. The maximum Gasteiger partial charge on any atom is 0.213 e. The van der Waals surface area contributed by atoms with E-state index in [1.807, 2.05) is 19.2 Å². The van der Waals surface area contributed by atoms with Gasteiger partial charge in [0.15, 0.2) is 5.96 Å². The highest BCUT2D eigenvalue weighted by atomic mass is 127. The van der Waals surface area contributed by atoms with E-state index in [1.165, 1.54) is 6.42 Å². The summed E-state index contributed by atoms with van der Waals surface area (Å²) in [4.78, 5) is 8.30. The third-order valence-corrected chi connectivity index (χ3v) is 3.06. The zero-order valence-corrected chi connectivity index (χ0v) is 13.7. The first kappa shape index (κ1) is 16.0. The molecule has 1 aliphatic carbocycles. The van der Waals surface area contributed by atoms with E-state index < -0.39 is 0 Å². The number of hydrogen-bond acceptors (Lipinski definition) is 3. The molecule has 0 unspecified atom stereocenters. The predicted octanol–water partition coefficient (Wildman–Crippen LogP) is 1.93. The Morgan fingerprint density at radius 3 is 2.89 bits per heavy atom. The Kier molecular flexibility index (Phi) is 6.90. The van der Waals surface area contributed by atoms with Crippen LogP contribution in [-0.4, -0.2) is 31.1 Å². The number of nitrogens with one attached hydrogen (secondary N) is 2. The van der Waals surface area contributed by atoms with Crippen LogP contribution in [0.5, 0.6) is 5.88 Å². The quantitative estimate of drug-likeness (QED) is 0.479. The summed E-state index contributed by atoms with van der Waals surface area (Å²) in [5.74, 6) is 1.49. The van der Waals surface area contributed by atoms with E-state index >= 15 is 0 Å². The molecule has 0 saturated heterocycles. The standard InChI is InChI=1S/C13H20N4O.HI/c1-14-13(15-2)17-9-10-6-7-16-12(8-10)18-11-4-3-5-11;/h6-8,11H,3-5,9H2,1-2H3,(H2,14,15,17);1H. The van der Waals surface area contributed by atoms with Crippen molar-refractivity contribution in [2.75, 3.05) is 14.1 Å². The minimum Gasteiger partial charge on any atom is -0.474 e. The van der Waals surface area contributed by atoms with Crippen molar-refractivity contribution >= 4 is 29.9 Å². The second-order valence-electron chi connectivity index (χ2n) is 4.35. The van der Waals surface area contributed by atoms with Crippen LogP contribution in [0.15, 0.2) is 23.3 Å². The Balaban J connectivity index is 0.00000180. The number of aliphatic imine (C=N–C) groups is 1. The topological polar surface area (TPSA) is 58.5 Å². The molecule has 6 heteroatoms. The fourth-order valence-corrected chi connectivity index (χ4v) is 1.75. The summed E-state index contributed by atoms with van der Waals surface area (Å²) in [6, 6.07) is 3.96. The summed E-state index contributed by atoms with van der Waals surface area (Å²) < 4.78 is 5.77. The molecule has 0 bridgehead atoms. The Labute approximate surface area is 131 Å². The van der Waals surface area contributed by atoms with E-state index in [2.05, 4.69) is 20.6 Å². The zero-order valence-electron chi connectivity index (χ0n) is 11.3. The minimum atomic E-state index is 0. The summed E-state index contributed by atoms with van der Waals surface area (Å²) in [6.45, 7) is 0.705. The summed E-state index contributed by atoms with van der Waals surface area (Å²) >= 11 is 0. The fourth-order valence-electron chi connectivity index (χ4n) is 1.75. The van der Waals surface area contributed by atoms with Crippen LogP contribution in [0.3, 0.4) is 0 Å². The summed E-state index contributed by atoms with van der Waals surface area (Å²) in [7, 11) is 3.59. The smallest absolute Gasteiger partial charge is 0.213 e. The third-order valence-electron chi connectivity index (χ3n) is 3.06. The average Bonchev–Trinajstić information content (AvgIpc) is 2.36. The molecule has 0 atom stereocenters. The Hall–Kier alpha value is -1.05. The number of pyridine rings is 1. The minimum absolute atomic E-state index is 0. The van der Waals surface area contributed by atoms with Gasteiger partial charge in [0, 0.05) is 32.9 Å². The van der Waals surface area contributed by atoms with Crippen LogP contribution in [-0.2, 0) is 6.54 Å². The molecule has 0 spiro atoms. The van der Waals surface area contributed by atoms with Gasteiger partial charge in [0.2, 0.25) is 5.88 Å². The molecule has 0 radical (unpaired) electrons. The number of guanidine groups is 1. The van der Waals surface area contributed by atoms with E-state index in [4.69, 9.17) is 4.74 Å². The second kappa shape index (κ2) is 8.19. The Bertz CT molecular complexity index is 421. The molecule has 0 aromatic carbocycles. The van der Waals surface area contributed by atoms with E-state index in [0.717, 1.165) is 30.2 Å². The molecular weight excluding hydrogens is 355 g/mol. The highest BCUT2D eigenvalue weighted by molar-refractivity contribution is 14.0. The van der Waals surface area contributed by atoms with Gasteiger partial charge in [-0.25, -0.2) is 4.98 Å². The number of rotatable bonds is 4. The second-order valence-corrected chi connectivity index (χ2v) is 4.35. The number of ether oxygens (including phenoxy) is 1. The fraction of sp³-hybridized carbons (Fsp3) is 0.538. The molecule has 0 amide bonds. The van der Waals surface area contributed by atoms with Crippen molar-refractivity contribution in [2.45, 2.75) is 31.9 Å². The van der Waals surface area contributed by atoms with Gasteiger partial charge in [0.1, 0.15) is 6.10 Å². The van der Waals surface area contributed by atoms with Crippen molar-refractivity contribution < 1.29 is 4.74 Å². The molecule has 19 heavy (non-hydrogen) atoms. The first-order chi connectivity index (χ1) is 8.81.